The average molecular weight is 339 g/mol. The Hall–Kier alpha value is -3.13. The molecular weight excluding hydrogens is 318 g/mol. The van der Waals surface area contributed by atoms with Gasteiger partial charge in [-0.05, 0) is 43.2 Å². The lowest BCUT2D eigenvalue weighted by molar-refractivity contribution is 0.962. The van der Waals surface area contributed by atoms with E-state index in [9.17, 15) is 4.79 Å². The van der Waals surface area contributed by atoms with Crippen LogP contribution in [0, 0.1) is 13.8 Å². The fraction of sp³-hybridized carbons (Fsp3) is 0.125. The number of aryl methyl sites for hydroxylation is 3. The molecule has 0 amide bonds. The topological polar surface area (TPSA) is 22.0 Å². The highest BCUT2D eigenvalue weighted by atomic mass is 16.1. The molecule has 2 heteroatoms. The minimum Gasteiger partial charge on any atom is -0.343 e. The van der Waals surface area contributed by atoms with Crippen molar-refractivity contribution in [1.82, 2.24) is 4.57 Å². The summed E-state index contributed by atoms with van der Waals surface area (Å²) >= 11 is 0. The Kier molecular flexibility index (Phi) is 3.96. The van der Waals surface area contributed by atoms with Gasteiger partial charge in [0.05, 0.1) is 16.8 Å². The van der Waals surface area contributed by atoms with Crippen LogP contribution >= 0.6 is 0 Å². The second-order valence-electron chi connectivity index (χ2n) is 6.87. The molecule has 0 aliphatic carbocycles. The fourth-order valence-electron chi connectivity index (χ4n) is 3.69. The molecule has 0 spiro atoms. The van der Waals surface area contributed by atoms with Crippen LogP contribution in [0.4, 0.5) is 0 Å². The summed E-state index contributed by atoms with van der Waals surface area (Å²) in [5.41, 5.74) is 7.11. The van der Waals surface area contributed by atoms with Crippen LogP contribution < -0.4 is 5.43 Å². The highest BCUT2D eigenvalue weighted by Crippen LogP contribution is 2.32. The Labute approximate surface area is 153 Å². The van der Waals surface area contributed by atoms with E-state index in [-0.39, 0.29) is 5.43 Å². The summed E-state index contributed by atoms with van der Waals surface area (Å²) in [6.45, 7) is 4.14. The number of para-hydroxylation sites is 1. The molecule has 26 heavy (non-hydrogen) atoms. The van der Waals surface area contributed by atoms with Gasteiger partial charge in [-0.3, -0.25) is 4.79 Å². The zero-order valence-electron chi connectivity index (χ0n) is 15.3. The summed E-state index contributed by atoms with van der Waals surface area (Å²) < 4.78 is 2.14. The molecule has 0 bridgehead atoms. The van der Waals surface area contributed by atoms with Crippen molar-refractivity contribution in [2.24, 2.45) is 7.05 Å². The molecule has 0 fully saturated rings. The van der Waals surface area contributed by atoms with E-state index in [0.717, 1.165) is 38.9 Å². The minimum absolute atomic E-state index is 0.0841. The number of hydrogen-bond acceptors (Lipinski definition) is 1. The number of nitrogens with zero attached hydrogens (tertiary/aromatic N) is 1. The fourth-order valence-corrected chi connectivity index (χ4v) is 3.69. The maximum Gasteiger partial charge on any atom is 0.197 e. The van der Waals surface area contributed by atoms with Gasteiger partial charge in [0.2, 0.25) is 0 Å². The van der Waals surface area contributed by atoms with Crippen molar-refractivity contribution in [3.05, 3.63) is 94.1 Å². The largest absolute Gasteiger partial charge is 0.343 e. The summed E-state index contributed by atoms with van der Waals surface area (Å²) in [5, 5.41) is 0.753. The molecule has 4 rings (SSSR count). The van der Waals surface area contributed by atoms with Gasteiger partial charge in [-0.15, -0.1) is 0 Å². The van der Waals surface area contributed by atoms with E-state index < -0.39 is 0 Å². The predicted molar refractivity (Wildman–Crippen MR) is 110 cm³/mol. The quantitative estimate of drug-likeness (QED) is 0.473. The number of fused-ring (bicyclic) bond motifs is 1. The summed E-state index contributed by atoms with van der Waals surface area (Å²) in [5.74, 6) is 0. The van der Waals surface area contributed by atoms with E-state index in [0.29, 0.717) is 0 Å². The molecule has 0 N–H and O–H groups in total. The van der Waals surface area contributed by atoms with Crippen LogP contribution in [-0.4, -0.2) is 4.57 Å². The van der Waals surface area contributed by atoms with Gasteiger partial charge in [0, 0.05) is 12.4 Å². The van der Waals surface area contributed by atoms with E-state index in [2.05, 4.69) is 48.7 Å². The van der Waals surface area contributed by atoms with Crippen LogP contribution in [0.15, 0.2) is 77.6 Å². The summed E-state index contributed by atoms with van der Waals surface area (Å²) in [7, 11) is 2.04. The molecule has 1 aromatic heterocycles. The lowest BCUT2D eigenvalue weighted by Gasteiger charge is -2.18. The normalized spacial score (nSPS) is 11.0. The summed E-state index contributed by atoms with van der Waals surface area (Å²) in [6.07, 6.45) is 0. The molecule has 0 saturated heterocycles. The lowest BCUT2D eigenvalue weighted by Crippen LogP contribution is -2.14. The molecule has 0 unspecified atom stereocenters. The molecule has 2 nitrogen and oxygen atoms in total. The van der Waals surface area contributed by atoms with Crippen LogP contribution in [-0.2, 0) is 7.05 Å². The predicted octanol–water partition coefficient (Wildman–Crippen LogP) is 5.49. The Morgan fingerprint density at radius 3 is 2.04 bits per heavy atom. The second kappa shape index (κ2) is 6.30. The van der Waals surface area contributed by atoms with Crippen LogP contribution in [0.5, 0.6) is 0 Å². The van der Waals surface area contributed by atoms with Crippen molar-refractivity contribution in [1.29, 1.82) is 0 Å². The van der Waals surface area contributed by atoms with Crippen molar-refractivity contribution in [2.45, 2.75) is 13.8 Å². The minimum atomic E-state index is 0.0841. The van der Waals surface area contributed by atoms with Crippen LogP contribution in [0.3, 0.4) is 0 Å². The van der Waals surface area contributed by atoms with Crippen molar-refractivity contribution in [2.75, 3.05) is 0 Å². The van der Waals surface area contributed by atoms with Gasteiger partial charge >= 0.3 is 0 Å². The second-order valence-corrected chi connectivity index (χ2v) is 6.87. The Balaban J connectivity index is 2.20. The molecule has 0 radical (unpaired) electrons. The molecule has 0 aliphatic rings. The van der Waals surface area contributed by atoms with Gasteiger partial charge in [0.1, 0.15) is 0 Å². The molecule has 0 atom stereocenters. The molecule has 4 aromatic rings. The van der Waals surface area contributed by atoms with E-state index in [1.807, 2.05) is 49.5 Å². The Morgan fingerprint density at radius 2 is 1.35 bits per heavy atom. The molecule has 0 saturated carbocycles. The maximum absolute atomic E-state index is 13.5. The van der Waals surface area contributed by atoms with Crippen molar-refractivity contribution in [3.63, 3.8) is 0 Å². The Bertz CT molecular complexity index is 1180. The molecular formula is C24H21NO. The van der Waals surface area contributed by atoms with Gasteiger partial charge < -0.3 is 4.57 Å². The van der Waals surface area contributed by atoms with Gasteiger partial charge in [-0.2, -0.15) is 0 Å². The zero-order chi connectivity index (χ0) is 18.3. The van der Waals surface area contributed by atoms with Crippen molar-refractivity contribution >= 4 is 10.9 Å². The number of hydrogen-bond donors (Lipinski definition) is 0. The third-order valence-electron chi connectivity index (χ3n) is 4.91. The molecule has 3 aromatic carbocycles. The van der Waals surface area contributed by atoms with Gasteiger partial charge in [0.25, 0.3) is 0 Å². The van der Waals surface area contributed by atoms with Crippen molar-refractivity contribution < 1.29 is 0 Å². The van der Waals surface area contributed by atoms with Gasteiger partial charge in [0.15, 0.2) is 5.43 Å². The van der Waals surface area contributed by atoms with E-state index in [4.69, 9.17) is 0 Å². The standard InChI is InChI=1S/C24H21NO/c1-16-8-6-10-18(14-16)22-23(19-11-7-9-17(2)15-19)25(3)21-13-5-4-12-20(21)24(22)26/h4-15H,1-3H3. The van der Waals surface area contributed by atoms with Crippen molar-refractivity contribution in [3.8, 4) is 22.4 Å². The highest BCUT2D eigenvalue weighted by molar-refractivity contribution is 5.92. The molecule has 0 aliphatic heterocycles. The number of benzene rings is 3. The first-order valence-electron chi connectivity index (χ1n) is 8.82. The van der Waals surface area contributed by atoms with E-state index in [1.165, 1.54) is 5.56 Å². The maximum atomic E-state index is 13.5. The zero-order valence-corrected chi connectivity index (χ0v) is 15.3. The molecule has 128 valence electrons. The van der Waals surface area contributed by atoms with Crippen LogP contribution in [0.2, 0.25) is 0 Å². The number of aromatic nitrogens is 1. The Morgan fingerprint density at radius 1 is 0.731 bits per heavy atom. The summed E-state index contributed by atoms with van der Waals surface area (Å²) in [4.78, 5) is 13.5. The first-order chi connectivity index (χ1) is 12.6. The SMILES string of the molecule is Cc1cccc(-c2c(-c3cccc(C)c3)n(C)c3ccccc3c2=O)c1. The highest BCUT2D eigenvalue weighted by Gasteiger charge is 2.18. The van der Waals surface area contributed by atoms with Gasteiger partial charge in [-0.25, -0.2) is 0 Å². The third kappa shape index (κ3) is 2.64. The van der Waals surface area contributed by atoms with E-state index in [1.54, 1.807) is 0 Å². The average Bonchev–Trinajstić information content (AvgIpc) is 2.64. The van der Waals surface area contributed by atoms with Gasteiger partial charge in [-0.1, -0.05) is 65.7 Å². The first kappa shape index (κ1) is 16.3. The monoisotopic (exact) mass is 339 g/mol. The lowest BCUT2D eigenvalue weighted by atomic mass is 9.94. The third-order valence-corrected chi connectivity index (χ3v) is 4.91. The smallest absolute Gasteiger partial charge is 0.197 e. The molecule has 1 heterocycles. The van der Waals surface area contributed by atoms with Crippen LogP contribution in [0.25, 0.3) is 33.3 Å². The van der Waals surface area contributed by atoms with Crippen LogP contribution in [0.1, 0.15) is 11.1 Å². The number of rotatable bonds is 2. The van der Waals surface area contributed by atoms with E-state index >= 15 is 0 Å². The first-order valence-corrected chi connectivity index (χ1v) is 8.82. The summed E-state index contributed by atoms with van der Waals surface area (Å²) in [6, 6.07) is 24.4. The number of pyridine rings is 1.